The van der Waals surface area contributed by atoms with Gasteiger partial charge in [0.05, 0.1) is 6.04 Å². The molecule has 1 aliphatic heterocycles. The molecule has 1 saturated heterocycles. The van der Waals surface area contributed by atoms with E-state index in [1.165, 1.54) is 0 Å². The second kappa shape index (κ2) is 5.87. The van der Waals surface area contributed by atoms with Crippen LogP contribution in [0.25, 0.3) is 0 Å². The zero-order valence-corrected chi connectivity index (χ0v) is 13.5. The van der Waals surface area contributed by atoms with E-state index >= 15 is 0 Å². The van der Waals surface area contributed by atoms with Gasteiger partial charge in [-0.1, -0.05) is 6.07 Å². The van der Waals surface area contributed by atoms with Gasteiger partial charge in [0.1, 0.15) is 5.60 Å². The molecule has 1 aromatic rings. The van der Waals surface area contributed by atoms with Gasteiger partial charge >= 0.3 is 6.09 Å². The lowest BCUT2D eigenvalue weighted by atomic mass is 10.1. The Kier molecular flexibility index (Phi) is 4.30. The Hall–Kier alpha value is -2.24. The van der Waals surface area contributed by atoms with Crippen molar-refractivity contribution in [3.63, 3.8) is 0 Å². The molecule has 1 fully saturated rings. The minimum Gasteiger partial charge on any atom is -0.444 e. The van der Waals surface area contributed by atoms with Crippen molar-refractivity contribution in [2.24, 2.45) is 5.73 Å². The Morgan fingerprint density at radius 1 is 1.32 bits per heavy atom. The third-order valence-corrected chi connectivity index (χ3v) is 3.41. The Balaban J connectivity index is 1.89. The van der Waals surface area contributed by atoms with Crippen LogP contribution >= 0.6 is 0 Å². The highest BCUT2D eigenvalue weighted by Gasteiger charge is 2.33. The molecule has 3 N–H and O–H groups in total. The summed E-state index contributed by atoms with van der Waals surface area (Å²) in [4.78, 5) is 24.8. The van der Waals surface area contributed by atoms with Crippen molar-refractivity contribution in [2.45, 2.75) is 39.3 Å². The number of carbonyl (C=O) groups is 2. The summed E-state index contributed by atoms with van der Waals surface area (Å²) in [6.45, 7) is 8.54. The molecule has 0 saturated carbocycles. The lowest BCUT2D eigenvalue weighted by Gasteiger charge is -2.40. The van der Waals surface area contributed by atoms with Crippen molar-refractivity contribution in [1.29, 1.82) is 0 Å². The van der Waals surface area contributed by atoms with Crippen LogP contribution in [0.1, 0.15) is 36.7 Å². The molecule has 0 bridgehead atoms. The predicted octanol–water partition coefficient (Wildman–Crippen LogP) is 2.13. The Labute approximate surface area is 130 Å². The van der Waals surface area contributed by atoms with Gasteiger partial charge in [-0.05, 0) is 45.4 Å². The first-order valence-electron chi connectivity index (χ1n) is 7.30. The third kappa shape index (κ3) is 3.90. The van der Waals surface area contributed by atoms with E-state index in [0.717, 1.165) is 11.3 Å². The molecule has 1 aromatic carbocycles. The summed E-state index contributed by atoms with van der Waals surface area (Å²) in [5.74, 6) is -0.440. The summed E-state index contributed by atoms with van der Waals surface area (Å²) < 4.78 is 5.30. The van der Waals surface area contributed by atoms with E-state index in [2.05, 4.69) is 5.32 Å². The SMILES string of the molecule is Cc1ccc(NC2CN(C(=O)OC(C)(C)C)C2)cc1C(N)=O. The highest BCUT2D eigenvalue weighted by molar-refractivity contribution is 5.95. The van der Waals surface area contributed by atoms with Crippen molar-refractivity contribution in [3.05, 3.63) is 29.3 Å². The molecular formula is C16H23N3O3. The molecule has 6 heteroatoms. The number of nitrogens with one attached hydrogen (secondary N) is 1. The Morgan fingerprint density at radius 3 is 2.50 bits per heavy atom. The van der Waals surface area contributed by atoms with E-state index in [1.54, 1.807) is 11.0 Å². The minimum absolute atomic E-state index is 0.149. The zero-order chi connectivity index (χ0) is 16.5. The summed E-state index contributed by atoms with van der Waals surface area (Å²) in [6, 6.07) is 5.65. The lowest BCUT2D eigenvalue weighted by Crippen LogP contribution is -2.57. The second-order valence-electron chi connectivity index (χ2n) is 6.62. The number of primary amides is 1. The van der Waals surface area contributed by atoms with Crippen LogP contribution < -0.4 is 11.1 Å². The molecular weight excluding hydrogens is 282 g/mol. The monoisotopic (exact) mass is 305 g/mol. The van der Waals surface area contributed by atoms with Crippen molar-refractivity contribution in [3.8, 4) is 0 Å². The van der Waals surface area contributed by atoms with Crippen molar-refractivity contribution in [1.82, 2.24) is 4.90 Å². The predicted molar refractivity (Wildman–Crippen MR) is 84.9 cm³/mol. The average molecular weight is 305 g/mol. The number of nitrogens with zero attached hydrogens (tertiary/aromatic N) is 1. The van der Waals surface area contributed by atoms with Crippen LogP contribution in [-0.2, 0) is 4.74 Å². The molecule has 120 valence electrons. The normalized spacial score (nSPS) is 15.2. The number of hydrogen-bond donors (Lipinski definition) is 2. The number of nitrogens with two attached hydrogens (primary N) is 1. The molecule has 22 heavy (non-hydrogen) atoms. The van der Waals surface area contributed by atoms with E-state index in [4.69, 9.17) is 10.5 Å². The summed E-state index contributed by atoms with van der Waals surface area (Å²) in [5.41, 5.74) is 7.05. The minimum atomic E-state index is -0.483. The molecule has 1 aliphatic rings. The first kappa shape index (κ1) is 16.1. The fourth-order valence-electron chi connectivity index (χ4n) is 2.26. The number of anilines is 1. The highest BCUT2D eigenvalue weighted by atomic mass is 16.6. The van der Waals surface area contributed by atoms with Gasteiger partial charge in [-0.2, -0.15) is 0 Å². The maximum absolute atomic E-state index is 11.8. The van der Waals surface area contributed by atoms with E-state index in [9.17, 15) is 9.59 Å². The van der Waals surface area contributed by atoms with Crippen LogP contribution in [0, 0.1) is 6.92 Å². The topological polar surface area (TPSA) is 84.7 Å². The quantitative estimate of drug-likeness (QED) is 0.896. The molecule has 0 atom stereocenters. The fourth-order valence-corrected chi connectivity index (χ4v) is 2.26. The molecule has 0 spiro atoms. The summed E-state index contributed by atoms with van der Waals surface area (Å²) >= 11 is 0. The molecule has 0 unspecified atom stereocenters. The van der Waals surface area contributed by atoms with Crippen LogP contribution in [0.2, 0.25) is 0 Å². The third-order valence-electron chi connectivity index (χ3n) is 3.41. The van der Waals surface area contributed by atoms with E-state index < -0.39 is 11.5 Å². The molecule has 0 aromatic heterocycles. The highest BCUT2D eigenvalue weighted by Crippen LogP contribution is 2.20. The van der Waals surface area contributed by atoms with Crippen LogP contribution in [-0.4, -0.2) is 41.6 Å². The maximum Gasteiger partial charge on any atom is 0.410 e. The summed E-state index contributed by atoms with van der Waals surface area (Å²) in [5, 5.41) is 3.29. The molecule has 1 heterocycles. The Morgan fingerprint density at radius 2 is 1.95 bits per heavy atom. The van der Waals surface area contributed by atoms with Crippen molar-refractivity contribution >= 4 is 17.7 Å². The van der Waals surface area contributed by atoms with Crippen molar-refractivity contribution in [2.75, 3.05) is 18.4 Å². The fraction of sp³-hybridized carbons (Fsp3) is 0.500. The Bertz CT molecular complexity index is 587. The van der Waals surface area contributed by atoms with E-state index in [0.29, 0.717) is 18.7 Å². The number of aryl methyl sites for hydroxylation is 1. The van der Waals surface area contributed by atoms with Gasteiger partial charge in [0, 0.05) is 24.3 Å². The van der Waals surface area contributed by atoms with Gasteiger partial charge in [0.25, 0.3) is 0 Å². The summed E-state index contributed by atoms with van der Waals surface area (Å²) in [7, 11) is 0. The number of likely N-dealkylation sites (tertiary alicyclic amines) is 1. The number of benzene rings is 1. The second-order valence-corrected chi connectivity index (χ2v) is 6.62. The number of rotatable bonds is 3. The van der Waals surface area contributed by atoms with Gasteiger partial charge < -0.3 is 20.7 Å². The molecule has 6 nitrogen and oxygen atoms in total. The van der Waals surface area contributed by atoms with Crippen molar-refractivity contribution < 1.29 is 14.3 Å². The van der Waals surface area contributed by atoms with Crippen LogP contribution in [0.4, 0.5) is 10.5 Å². The molecule has 2 rings (SSSR count). The number of ether oxygens (including phenoxy) is 1. The van der Waals surface area contributed by atoms with E-state index in [-0.39, 0.29) is 12.1 Å². The van der Waals surface area contributed by atoms with Gasteiger partial charge in [0.15, 0.2) is 0 Å². The average Bonchev–Trinajstić information content (AvgIpc) is 2.32. The molecule has 0 radical (unpaired) electrons. The lowest BCUT2D eigenvalue weighted by molar-refractivity contribution is 0.0105. The first-order valence-corrected chi connectivity index (χ1v) is 7.30. The smallest absolute Gasteiger partial charge is 0.410 e. The molecule has 2 amide bonds. The summed E-state index contributed by atoms with van der Waals surface area (Å²) in [6.07, 6.45) is -0.299. The van der Waals surface area contributed by atoms with Gasteiger partial charge in [-0.3, -0.25) is 4.79 Å². The number of hydrogen-bond acceptors (Lipinski definition) is 4. The number of carbonyl (C=O) groups excluding carboxylic acids is 2. The maximum atomic E-state index is 11.8. The zero-order valence-electron chi connectivity index (χ0n) is 13.5. The van der Waals surface area contributed by atoms with Crippen LogP contribution in [0.3, 0.4) is 0 Å². The van der Waals surface area contributed by atoms with Gasteiger partial charge in [-0.15, -0.1) is 0 Å². The first-order chi connectivity index (χ1) is 10.2. The van der Waals surface area contributed by atoms with Crippen LogP contribution in [0.5, 0.6) is 0 Å². The van der Waals surface area contributed by atoms with Gasteiger partial charge in [0.2, 0.25) is 5.91 Å². The van der Waals surface area contributed by atoms with Gasteiger partial charge in [-0.25, -0.2) is 4.79 Å². The standard InChI is InChI=1S/C16H23N3O3/c1-10-5-6-11(7-13(10)14(17)20)18-12-8-19(9-12)15(21)22-16(2,3)4/h5-7,12,18H,8-9H2,1-4H3,(H2,17,20). The number of amides is 2. The molecule has 0 aliphatic carbocycles. The van der Waals surface area contributed by atoms with E-state index in [1.807, 2.05) is 39.8 Å². The van der Waals surface area contributed by atoms with Crippen LogP contribution in [0.15, 0.2) is 18.2 Å². The largest absolute Gasteiger partial charge is 0.444 e.